The summed E-state index contributed by atoms with van der Waals surface area (Å²) in [5.74, 6) is 0.596. The third kappa shape index (κ3) is 5.10. The van der Waals surface area contributed by atoms with E-state index in [1.54, 1.807) is 0 Å². The van der Waals surface area contributed by atoms with E-state index in [9.17, 15) is 4.79 Å². The Morgan fingerprint density at radius 2 is 2.24 bits per heavy atom. The number of carbonyl (C=O) groups is 1. The lowest BCUT2D eigenvalue weighted by Gasteiger charge is -2.21. The van der Waals surface area contributed by atoms with Gasteiger partial charge in [0.2, 0.25) is 0 Å². The normalized spacial score (nSPS) is 18.3. The molecule has 1 aromatic carbocycles. The number of cyclic esters (lactones) is 1. The molecule has 2 N–H and O–H groups in total. The Bertz CT molecular complexity index is 514. The molecule has 21 heavy (non-hydrogen) atoms. The van der Waals surface area contributed by atoms with E-state index in [2.05, 4.69) is 31.4 Å². The first-order valence-electron chi connectivity index (χ1n) is 6.94. The van der Waals surface area contributed by atoms with Crippen molar-refractivity contribution in [1.82, 2.24) is 10.6 Å². The molecule has 1 amide bonds. The van der Waals surface area contributed by atoms with Crippen LogP contribution in [0.3, 0.4) is 0 Å². The van der Waals surface area contributed by atoms with Crippen molar-refractivity contribution in [1.29, 1.82) is 0 Å². The molecular weight excluding hydrogens is 292 g/mol. The number of amides is 1. The third-order valence-corrected chi connectivity index (χ3v) is 3.29. The van der Waals surface area contributed by atoms with Gasteiger partial charge in [-0.2, -0.15) is 0 Å². The van der Waals surface area contributed by atoms with Crippen molar-refractivity contribution in [2.24, 2.45) is 0 Å². The minimum absolute atomic E-state index is 0.0565. The van der Waals surface area contributed by atoms with Crippen molar-refractivity contribution >= 4 is 17.7 Å². The summed E-state index contributed by atoms with van der Waals surface area (Å²) in [7, 11) is 0. The molecule has 0 saturated carbocycles. The van der Waals surface area contributed by atoms with Crippen LogP contribution in [0.25, 0.3) is 0 Å². The van der Waals surface area contributed by atoms with Crippen molar-refractivity contribution in [3.63, 3.8) is 0 Å². The summed E-state index contributed by atoms with van der Waals surface area (Å²) in [5.41, 5.74) is 1.15. The van der Waals surface area contributed by atoms with E-state index in [0.29, 0.717) is 17.3 Å². The molecule has 1 aromatic rings. The first-order valence-corrected chi connectivity index (χ1v) is 7.32. The minimum atomic E-state index is -0.404. The summed E-state index contributed by atoms with van der Waals surface area (Å²) in [6.45, 7) is 7.84. The van der Waals surface area contributed by atoms with E-state index in [-0.39, 0.29) is 18.2 Å². The highest BCUT2D eigenvalue weighted by Gasteiger charge is 2.23. The van der Waals surface area contributed by atoms with E-state index in [1.807, 2.05) is 18.2 Å². The standard InChI is InChI=1S/C15H21ClN2O3/c1-15(2,3)18-7-10-4-5-13(12(16)6-10)20-9-11-8-17-14(19)21-11/h4-6,11,18H,7-9H2,1-3H3,(H,17,19). The van der Waals surface area contributed by atoms with Crippen molar-refractivity contribution in [3.8, 4) is 5.75 Å². The van der Waals surface area contributed by atoms with Crippen LogP contribution in [-0.4, -0.2) is 30.9 Å². The predicted molar refractivity (Wildman–Crippen MR) is 81.8 cm³/mol. The summed E-state index contributed by atoms with van der Waals surface area (Å²) >= 11 is 6.22. The van der Waals surface area contributed by atoms with E-state index >= 15 is 0 Å². The molecule has 1 heterocycles. The highest BCUT2D eigenvalue weighted by atomic mass is 35.5. The molecule has 1 aliphatic heterocycles. The van der Waals surface area contributed by atoms with Crippen LogP contribution in [0.15, 0.2) is 18.2 Å². The monoisotopic (exact) mass is 312 g/mol. The molecule has 1 saturated heterocycles. The number of hydrogen-bond donors (Lipinski definition) is 2. The van der Waals surface area contributed by atoms with Crippen molar-refractivity contribution < 1.29 is 14.3 Å². The maximum Gasteiger partial charge on any atom is 0.407 e. The van der Waals surface area contributed by atoms with Gasteiger partial charge < -0.3 is 20.1 Å². The van der Waals surface area contributed by atoms with Gasteiger partial charge in [-0.15, -0.1) is 0 Å². The molecule has 0 aromatic heterocycles. The summed E-state index contributed by atoms with van der Waals surface area (Å²) in [6, 6.07) is 5.69. The van der Waals surface area contributed by atoms with Gasteiger partial charge in [0.25, 0.3) is 0 Å². The fourth-order valence-electron chi connectivity index (χ4n) is 1.85. The van der Waals surface area contributed by atoms with Crippen molar-refractivity contribution in [2.75, 3.05) is 13.2 Å². The lowest BCUT2D eigenvalue weighted by Crippen LogP contribution is -2.35. The molecule has 1 fully saturated rings. The van der Waals surface area contributed by atoms with Gasteiger partial charge in [-0.3, -0.25) is 0 Å². The summed E-state index contributed by atoms with van der Waals surface area (Å²) in [6.07, 6.45) is -0.672. The molecule has 1 unspecified atom stereocenters. The van der Waals surface area contributed by atoms with Gasteiger partial charge in [0.05, 0.1) is 11.6 Å². The van der Waals surface area contributed by atoms with Gasteiger partial charge in [-0.25, -0.2) is 4.79 Å². The average Bonchev–Trinajstić information content (AvgIpc) is 2.80. The summed E-state index contributed by atoms with van der Waals surface area (Å²) in [4.78, 5) is 10.9. The van der Waals surface area contributed by atoms with Gasteiger partial charge in [-0.1, -0.05) is 17.7 Å². The molecule has 2 rings (SSSR count). The van der Waals surface area contributed by atoms with Crippen molar-refractivity contribution in [3.05, 3.63) is 28.8 Å². The quantitative estimate of drug-likeness (QED) is 0.877. The Balaban J connectivity index is 1.88. The fourth-order valence-corrected chi connectivity index (χ4v) is 2.10. The zero-order valence-corrected chi connectivity index (χ0v) is 13.3. The van der Waals surface area contributed by atoms with Gasteiger partial charge >= 0.3 is 6.09 Å². The van der Waals surface area contributed by atoms with E-state index in [4.69, 9.17) is 21.1 Å². The van der Waals surface area contributed by atoms with Gasteiger partial charge in [-0.05, 0) is 38.5 Å². The largest absolute Gasteiger partial charge is 0.488 e. The molecule has 0 aliphatic carbocycles. The number of carbonyl (C=O) groups excluding carboxylic acids is 1. The number of halogens is 1. The topological polar surface area (TPSA) is 59.6 Å². The Morgan fingerprint density at radius 1 is 1.48 bits per heavy atom. The number of benzene rings is 1. The number of hydrogen-bond acceptors (Lipinski definition) is 4. The second kappa shape index (κ2) is 6.54. The highest BCUT2D eigenvalue weighted by Crippen LogP contribution is 2.26. The third-order valence-electron chi connectivity index (χ3n) is 2.99. The smallest absolute Gasteiger partial charge is 0.407 e. The average molecular weight is 313 g/mol. The Labute approximate surface area is 130 Å². The SMILES string of the molecule is CC(C)(C)NCc1ccc(OCC2CNC(=O)O2)c(Cl)c1. The predicted octanol–water partition coefficient (Wildman–Crippen LogP) is 2.72. The van der Waals surface area contributed by atoms with Crippen LogP contribution in [0.2, 0.25) is 5.02 Å². The highest BCUT2D eigenvalue weighted by molar-refractivity contribution is 6.32. The summed E-state index contributed by atoms with van der Waals surface area (Å²) < 4.78 is 10.6. The molecule has 6 heteroatoms. The molecule has 0 bridgehead atoms. The van der Waals surface area contributed by atoms with E-state index < -0.39 is 6.09 Å². The zero-order chi connectivity index (χ0) is 15.5. The van der Waals surface area contributed by atoms with Crippen LogP contribution in [0.4, 0.5) is 4.79 Å². The summed E-state index contributed by atoms with van der Waals surface area (Å²) in [5, 5.41) is 6.54. The molecular formula is C15H21ClN2O3. The van der Waals surface area contributed by atoms with Gasteiger partial charge in [0.15, 0.2) is 6.10 Å². The lowest BCUT2D eigenvalue weighted by molar-refractivity contribution is 0.105. The van der Waals surface area contributed by atoms with Crippen LogP contribution in [0.1, 0.15) is 26.3 Å². The minimum Gasteiger partial charge on any atom is -0.488 e. The molecule has 1 aliphatic rings. The van der Waals surface area contributed by atoms with Gasteiger partial charge in [0.1, 0.15) is 12.4 Å². The molecule has 0 radical (unpaired) electrons. The number of rotatable bonds is 5. The maximum atomic E-state index is 10.9. The Kier molecular flexibility index (Phi) is 4.96. The molecule has 0 spiro atoms. The maximum absolute atomic E-state index is 10.9. The van der Waals surface area contributed by atoms with Gasteiger partial charge in [0, 0.05) is 12.1 Å². The zero-order valence-electron chi connectivity index (χ0n) is 12.5. The first-order chi connectivity index (χ1) is 9.83. The molecule has 1 atom stereocenters. The second-order valence-electron chi connectivity index (χ2n) is 6.09. The van der Waals surface area contributed by atoms with Crippen LogP contribution in [0, 0.1) is 0 Å². The Morgan fingerprint density at radius 3 is 2.81 bits per heavy atom. The molecule has 5 nitrogen and oxygen atoms in total. The van der Waals surface area contributed by atoms with E-state index in [1.165, 1.54) is 0 Å². The fraction of sp³-hybridized carbons (Fsp3) is 0.533. The van der Waals surface area contributed by atoms with Crippen LogP contribution in [0.5, 0.6) is 5.75 Å². The first kappa shape index (κ1) is 15.9. The Hall–Kier alpha value is -1.46. The van der Waals surface area contributed by atoms with Crippen LogP contribution in [-0.2, 0) is 11.3 Å². The van der Waals surface area contributed by atoms with Crippen LogP contribution < -0.4 is 15.4 Å². The number of alkyl carbamates (subject to hydrolysis) is 1. The van der Waals surface area contributed by atoms with Crippen LogP contribution >= 0.6 is 11.6 Å². The lowest BCUT2D eigenvalue weighted by atomic mass is 10.1. The molecule has 116 valence electrons. The van der Waals surface area contributed by atoms with Crippen molar-refractivity contribution in [2.45, 2.75) is 39.0 Å². The van der Waals surface area contributed by atoms with E-state index in [0.717, 1.165) is 12.1 Å². The number of nitrogens with one attached hydrogen (secondary N) is 2. The second-order valence-corrected chi connectivity index (χ2v) is 6.49. The number of ether oxygens (including phenoxy) is 2.